The molecule has 0 spiro atoms. The highest BCUT2D eigenvalue weighted by Crippen LogP contribution is 2.40. The van der Waals surface area contributed by atoms with Crippen molar-refractivity contribution >= 4 is 56.8 Å². The first-order valence-corrected chi connectivity index (χ1v) is 16.4. The van der Waals surface area contributed by atoms with Crippen LogP contribution in [0, 0.1) is 11.8 Å². The summed E-state index contributed by atoms with van der Waals surface area (Å²) in [4.78, 5) is 2.56. The van der Waals surface area contributed by atoms with Crippen molar-refractivity contribution in [2.45, 2.75) is 30.4 Å². The number of rotatable bonds is 7. The van der Waals surface area contributed by atoms with Gasteiger partial charge in [0.1, 0.15) is 12.9 Å². The van der Waals surface area contributed by atoms with Crippen LogP contribution >= 0.6 is 30.1 Å². The Balaban J connectivity index is 1.60. The van der Waals surface area contributed by atoms with Crippen LogP contribution in [0.3, 0.4) is 0 Å². The Morgan fingerprint density at radius 3 is 2.67 bits per heavy atom. The SMILES string of the molecule is COc1cc(P(C)(C)=O)ccc1NCC#Cc1sc2c(N[C@@H]3CCN(C)C[C@@H]3Cl)cccc2c1CC(F)(F)F. The van der Waals surface area contributed by atoms with Gasteiger partial charge in [-0.25, -0.2) is 0 Å². The molecule has 2 heterocycles. The van der Waals surface area contributed by atoms with E-state index in [1.54, 1.807) is 43.7 Å². The molecule has 1 aromatic heterocycles. The number of halogens is 4. The van der Waals surface area contributed by atoms with Crippen LogP contribution in [0.1, 0.15) is 16.9 Å². The van der Waals surface area contributed by atoms with Gasteiger partial charge in [-0.3, -0.25) is 0 Å². The van der Waals surface area contributed by atoms with E-state index in [9.17, 15) is 17.7 Å². The predicted molar refractivity (Wildman–Crippen MR) is 158 cm³/mol. The van der Waals surface area contributed by atoms with Gasteiger partial charge in [0.15, 0.2) is 0 Å². The number of nitrogens with one attached hydrogen (secondary N) is 2. The molecule has 0 amide bonds. The Bertz CT molecular complexity index is 1440. The molecule has 11 heteroatoms. The number of thiophene rings is 1. The largest absolute Gasteiger partial charge is 0.495 e. The second kappa shape index (κ2) is 12.0. The van der Waals surface area contributed by atoms with Crippen molar-refractivity contribution in [2.24, 2.45) is 0 Å². The van der Waals surface area contributed by atoms with Gasteiger partial charge in [-0.15, -0.1) is 22.9 Å². The van der Waals surface area contributed by atoms with Crippen molar-refractivity contribution in [1.82, 2.24) is 4.90 Å². The summed E-state index contributed by atoms with van der Waals surface area (Å²) < 4.78 is 59.3. The molecule has 0 radical (unpaired) electrons. The molecule has 4 rings (SSSR count). The third kappa shape index (κ3) is 7.43. The summed E-state index contributed by atoms with van der Waals surface area (Å²) in [6, 6.07) is 10.7. The Morgan fingerprint density at radius 1 is 1.23 bits per heavy atom. The summed E-state index contributed by atoms with van der Waals surface area (Å²) >= 11 is 7.85. The number of nitrogens with zero attached hydrogens (tertiary/aromatic N) is 1. The van der Waals surface area contributed by atoms with Gasteiger partial charge in [-0.1, -0.05) is 24.0 Å². The maximum absolute atomic E-state index is 13.6. The van der Waals surface area contributed by atoms with Crippen LogP contribution in [0.15, 0.2) is 36.4 Å². The second-order valence-corrected chi connectivity index (χ2v) is 14.9. The van der Waals surface area contributed by atoms with Crippen molar-refractivity contribution in [3.63, 3.8) is 0 Å². The zero-order chi connectivity index (χ0) is 28.4. The van der Waals surface area contributed by atoms with E-state index in [-0.39, 0.29) is 23.5 Å². The summed E-state index contributed by atoms with van der Waals surface area (Å²) in [6.07, 6.45) is -4.57. The molecule has 5 nitrogen and oxygen atoms in total. The van der Waals surface area contributed by atoms with Gasteiger partial charge in [0, 0.05) is 17.9 Å². The number of ether oxygens (including phenoxy) is 1. The van der Waals surface area contributed by atoms with Crippen LogP contribution in [-0.4, -0.2) is 69.6 Å². The number of piperidine rings is 1. The van der Waals surface area contributed by atoms with Crippen molar-refractivity contribution < 1.29 is 22.5 Å². The third-order valence-electron chi connectivity index (χ3n) is 6.66. The minimum atomic E-state index is -4.37. The highest BCUT2D eigenvalue weighted by Gasteiger charge is 2.32. The zero-order valence-corrected chi connectivity index (χ0v) is 24.8. The number of likely N-dealkylation sites (tertiary alicyclic amines) is 1. The van der Waals surface area contributed by atoms with Crippen molar-refractivity contribution in [2.75, 3.05) is 57.8 Å². The van der Waals surface area contributed by atoms with Gasteiger partial charge in [0.2, 0.25) is 0 Å². The summed E-state index contributed by atoms with van der Waals surface area (Å²) in [5.74, 6) is 6.47. The number of hydrogen-bond acceptors (Lipinski definition) is 6. The molecular weight excluding hydrogens is 566 g/mol. The van der Waals surface area contributed by atoms with Crippen LogP contribution in [0.5, 0.6) is 5.75 Å². The lowest BCUT2D eigenvalue weighted by molar-refractivity contribution is -0.126. The summed E-state index contributed by atoms with van der Waals surface area (Å²) in [5, 5.41) is 7.79. The molecular formula is C28H32ClF3N3O2PS. The van der Waals surface area contributed by atoms with Gasteiger partial charge >= 0.3 is 6.18 Å². The van der Waals surface area contributed by atoms with Gasteiger partial charge in [0.05, 0.1) is 46.4 Å². The highest BCUT2D eigenvalue weighted by molar-refractivity contribution is 7.70. The maximum Gasteiger partial charge on any atom is 0.393 e. The minimum Gasteiger partial charge on any atom is -0.495 e. The van der Waals surface area contributed by atoms with E-state index in [0.29, 0.717) is 27.0 Å². The molecule has 210 valence electrons. The quantitative estimate of drug-likeness (QED) is 0.186. The molecule has 2 N–H and O–H groups in total. The monoisotopic (exact) mass is 597 g/mol. The fourth-order valence-electron chi connectivity index (χ4n) is 4.60. The first-order chi connectivity index (χ1) is 18.4. The molecule has 1 aliphatic rings. The first kappa shape index (κ1) is 29.6. The molecule has 1 saturated heterocycles. The lowest BCUT2D eigenvalue weighted by Gasteiger charge is -2.34. The van der Waals surface area contributed by atoms with Crippen molar-refractivity contribution in [3.8, 4) is 17.6 Å². The van der Waals surface area contributed by atoms with E-state index >= 15 is 0 Å². The molecule has 0 unspecified atom stereocenters. The maximum atomic E-state index is 13.6. The van der Waals surface area contributed by atoms with Gasteiger partial charge < -0.3 is 24.8 Å². The van der Waals surface area contributed by atoms with E-state index in [1.165, 1.54) is 18.4 Å². The second-order valence-electron chi connectivity index (χ2n) is 10.1. The minimum absolute atomic E-state index is 0.0241. The molecule has 3 aromatic rings. The molecule has 39 heavy (non-hydrogen) atoms. The zero-order valence-electron chi connectivity index (χ0n) is 22.3. The molecule has 1 fully saturated rings. The van der Waals surface area contributed by atoms with Crippen molar-refractivity contribution in [1.29, 1.82) is 0 Å². The molecule has 2 atom stereocenters. The first-order valence-electron chi connectivity index (χ1n) is 12.5. The molecule has 1 aliphatic heterocycles. The molecule has 2 aromatic carbocycles. The fourth-order valence-corrected chi connectivity index (χ4v) is 7.06. The van der Waals surface area contributed by atoms with Gasteiger partial charge in [0.25, 0.3) is 0 Å². The van der Waals surface area contributed by atoms with Crippen LogP contribution in [0.2, 0.25) is 0 Å². The van der Waals surface area contributed by atoms with Gasteiger partial charge in [-0.05, 0) is 68.6 Å². The van der Waals surface area contributed by atoms with E-state index in [2.05, 4.69) is 27.4 Å². The Kier molecular flexibility index (Phi) is 9.12. The van der Waals surface area contributed by atoms with Crippen LogP contribution < -0.4 is 20.7 Å². The summed E-state index contributed by atoms with van der Waals surface area (Å²) in [6.45, 7) is 5.21. The molecule has 0 aliphatic carbocycles. The van der Waals surface area contributed by atoms with Crippen LogP contribution in [0.4, 0.5) is 24.5 Å². The number of fused-ring (bicyclic) bond motifs is 1. The topological polar surface area (TPSA) is 53.6 Å². The lowest BCUT2D eigenvalue weighted by atomic mass is 10.0. The van der Waals surface area contributed by atoms with Crippen LogP contribution in [-0.2, 0) is 11.0 Å². The highest BCUT2D eigenvalue weighted by atomic mass is 35.5. The van der Waals surface area contributed by atoms with E-state index in [0.717, 1.165) is 29.9 Å². The number of benzene rings is 2. The fraction of sp³-hybridized carbons (Fsp3) is 0.429. The van der Waals surface area contributed by atoms with Gasteiger partial charge in [-0.2, -0.15) is 13.2 Å². The molecule has 0 saturated carbocycles. The molecule has 0 bridgehead atoms. The third-order valence-corrected chi connectivity index (χ3v) is 9.82. The predicted octanol–water partition coefficient (Wildman–Crippen LogP) is 6.45. The Hall–Kier alpha value is -2.37. The standard InChI is InChI=1S/C28H32ClF3N3O2PS/c1-35-14-12-22(21(29)17-35)34-24-8-5-7-19-20(16-28(30,31)32)26(39-27(19)24)9-6-13-33-23-11-10-18(38(3,4)36)15-25(23)37-2/h5,7-8,10-11,15,21-22,33-34H,12-14,16-17H2,1-4H3/t21-,22+/m0/s1. The normalized spacial score (nSPS) is 18.5. The smallest absolute Gasteiger partial charge is 0.393 e. The number of methoxy groups -OCH3 is 1. The summed E-state index contributed by atoms with van der Waals surface area (Å²) in [5.41, 5.74) is 1.63. The van der Waals surface area contributed by atoms with E-state index in [1.807, 2.05) is 13.1 Å². The average Bonchev–Trinajstić information content (AvgIpc) is 3.19. The number of hydrogen-bond donors (Lipinski definition) is 2. The van der Waals surface area contributed by atoms with Crippen molar-refractivity contribution in [3.05, 3.63) is 46.8 Å². The Labute approximate surface area is 236 Å². The van der Waals surface area contributed by atoms with Crippen LogP contribution in [0.25, 0.3) is 10.1 Å². The Morgan fingerprint density at radius 2 is 2.00 bits per heavy atom. The van der Waals surface area contributed by atoms with E-state index in [4.69, 9.17) is 16.3 Å². The summed E-state index contributed by atoms with van der Waals surface area (Å²) in [7, 11) is 1.10. The number of alkyl halides is 4. The van der Waals surface area contributed by atoms with E-state index < -0.39 is 19.7 Å². The lowest BCUT2D eigenvalue weighted by Crippen LogP contribution is -2.45. The number of anilines is 2. The average molecular weight is 598 g/mol.